The van der Waals surface area contributed by atoms with Crippen LogP contribution >= 0.6 is 0 Å². The Labute approximate surface area is 215 Å². The molecule has 0 bridgehead atoms. The van der Waals surface area contributed by atoms with Gasteiger partial charge in [-0.3, -0.25) is 0 Å². The molecule has 0 radical (unpaired) electrons. The number of nitrogens with zero attached hydrogens (tertiary/aromatic N) is 2. The molecule has 1 atom stereocenters. The lowest BCUT2D eigenvalue weighted by Crippen LogP contribution is -2.42. The topological polar surface area (TPSA) is 62.9 Å². The first-order valence-electron chi connectivity index (χ1n) is 12.6. The van der Waals surface area contributed by atoms with Crippen LogP contribution in [0.25, 0.3) is 0 Å². The summed E-state index contributed by atoms with van der Waals surface area (Å²) in [6.07, 6.45) is 14.3. The third-order valence-corrected chi connectivity index (χ3v) is 5.45. The number of ether oxygens (including phenoxy) is 1. The van der Waals surface area contributed by atoms with Gasteiger partial charge in [0, 0.05) is 32.3 Å². The largest absolute Gasteiger partial charge is 0.383 e. The molecule has 5 heteroatoms. The monoisotopic (exact) mass is 482 g/mol. The van der Waals surface area contributed by atoms with Gasteiger partial charge < -0.3 is 20.7 Å². The molecule has 0 amide bonds. The van der Waals surface area contributed by atoms with E-state index >= 15 is 0 Å². The van der Waals surface area contributed by atoms with Crippen molar-refractivity contribution in [3.05, 3.63) is 83.3 Å². The zero-order chi connectivity index (χ0) is 26.8. The highest BCUT2D eigenvalue weighted by molar-refractivity contribution is 6.02. The van der Waals surface area contributed by atoms with E-state index in [1.807, 2.05) is 26.0 Å². The average molecular weight is 483 g/mol. The summed E-state index contributed by atoms with van der Waals surface area (Å²) in [6.45, 7) is 26.0. The van der Waals surface area contributed by atoms with Crippen LogP contribution < -0.4 is 11.1 Å². The number of amidine groups is 1. The van der Waals surface area contributed by atoms with E-state index in [1.165, 1.54) is 11.1 Å². The quantitative estimate of drug-likeness (QED) is 0.151. The Balaban J connectivity index is 6.02. The van der Waals surface area contributed by atoms with E-state index in [0.717, 1.165) is 48.5 Å². The third-order valence-electron chi connectivity index (χ3n) is 5.45. The van der Waals surface area contributed by atoms with Gasteiger partial charge in [-0.2, -0.15) is 0 Å². The summed E-state index contributed by atoms with van der Waals surface area (Å²) in [5.41, 5.74) is 11.3. The molecule has 5 nitrogen and oxygen atoms in total. The first kappa shape index (κ1) is 32.4. The van der Waals surface area contributed by atoms with Gasteiger partial charge in [-0.05, 0) is 60.0 Å². The summed E-state index contributed by atoms with van der Waals surface area (Å²) in [4.78, 5) is 7.20. The SMILES string of the molecule is C=C(/C=C\C(C(=NC(=C)NCCC)N(CC)[C@@H](C)COC)=C(C)C)CC(/C=C\C=C(/C)CN)=C/C. The molecule has 0 saturated heterocycles. The van der Waals surface area contributed by atoms with Gasteiger partial charge in [0.2, 0.25) is 0 Å². The van der Waals surface area contributed by atoms with Gasteiger partial charge in [0.05, 0.1) is 12.6 Å². The predicted molar refractivity (Wildman–Crippen MR) is 156 cm³/mol. The normalized spacial score (nSPS) is 13.9. The highest BCUT2D eigenvalue weighted by Crippen LogP contribution is 2.19. The molecule has 0 aliphatic rings. The molecular formula is C30H50N4O. The minimum atomic E-state index is 0.165. The Kier molecular flexibility index (Phi) is 17.3. The molecular weight excluding hydrogens is 432 g/mol. The fourth-order valence-electron chi connectivity index (χ4n) is 3.37. The smallest absolute Gasteiger partial charge is 0.138 e. The van der Waals surface area contributed by atoms with Crippen molar-refractivity contribution in [2.24, 2.45) is 10.7 Å². The van der Waals surface area contributed by atoms with Crippen molar-refractivity contribution in [2.45, 2.75) is 67.3 Å². The second-order valence-corrected chi connectivity index (χ2v) is 8.92. The lowest BCUT2D eigenvalue weighted by molar-refractivity contribution is 0.138. The van der Waals surface area contributed by atoms with E-state index in [2.05, 4.69) is 82.3 Å². The molecule has 0 spiro atoms. The number of allylic oxidation sites excluding steroid dienone is 8. The van der Waals surface area contributed by atoms with Crippen molar-refractivity contribution >= 4 is 5.84 Å². The van der Waals surface area contributed by atoms with Gasteiger partial charge in [-0.1, -0.05) is 73.3 Å². The number of methoxy groups -OCH3 is 1. The molecule has 0 aromatic heterocycles. The molecule has 0 aliphatic heterocycles. The zero-order valence-electron chi connectivity index (χ0n) is 23.6. The van der Waals surface area contributed by atoms with Crippen LogP contribution in [-0.2, 0) is 4.74 Å². The predicted octanol–water partition coefficient (Wildman–Crippen LogP) is 6.46. The average Bonchev–Trinajstić information content (AvgIpc) is 2.82. The summed E-state index contributed by atoms with van der Waals surface area (Å²) in [5.74, 6) is 1.56. The number of nitrogens with one attached hydrogen (secondary N) is 1. The first-order valence-corrected chi connectivity index (χ1v) is 12.6. The van der Waals surface area contributed by atoms with E-state index in [1.54, 1.807) is 7.11 Å². The van der Waals surface area contributed by atoms with E-state index in [0.29, 0.717) is 19.0 Å². The first-order chi connectivity index (χ1) is 16.6. The van der Waals surface area contributed by atoms with Crippen LogP contribution in [0.15, 0.2) is 88.3 Å². The summed E-state index contributed by atoms with van der Waals surface area (Å²) in [5, 5.41) is 3.30. The fourth-order valence-corrected chi connectivity index (χ4v) is 3.37. The second kappa shape index (κ2) is 18.7. The van der Waals surface area contributed by atoms with E-state index in [-0.39, 0.29) is 6.04 Å². The van der Waals surface area contributed by atoms with Crippen molar-refractivity contribution in [3.8, 4) is 0 Å². The van der Waals surface area contributed by atoms with Crippen LogP contribution in [-0.4, -0.2) is 50.1 Å². The maximum atomic E-state index is 5.67. The summed E-state index contributed by atoms with van der Waals surface area (Å²) >= 11 is 0. The minimum absolute atomic E-state index is 0.165. The lowest BCUT2D eigenvalue weighted by Gasteiger charge is -2.32. The number of nitrogens with two attached hydrogens (primary N) is 1. The number of hydrogen-bond acceptors (Lipinski definition) is 4. The highest BCUT2D eigenvalue weighted by atomic mass is 16.5. The van der Waals surface area contributed by atoms with Gasteiger partial charge in [0.1, 0.15) is 11.7 Å². The van der Waals surface area contributed by atoms with E-state index in [4.69, 9.17) is 15.5 Å². The van der Waals surface area contributed by atoms with Gasteiger partial charge in [-0.15, -0.1) is 0 Å². The van der Waals surface area contributed by atoms with Crippen LogP contribution in [0.1, 0.15) is 61.3 Å². The maximum absolute atomic E-state index is 5.67. The number of rotatable bonds is 16. The Hall–Kier alpha value is -2.63. The van der Waals surface area contributed by atoms with Crippen molar-refractivity contribution < 1.29 is 4.74 Å². The Bertz CT molecular complexity index is 852. The molecule has 0 aliphatic carbocycles. The molecule has 35 heavy (non-hydrogen) atoms. The number of hydrogen-bond donors (Lipinski definition) is 2. The van der Waals surface area contributed by atoms with Crippen molar-refractivity contribution in [2.75, 3.05) is 33.4 Å². The fraction of sp³-hybridized carbons (Fsp3) is 0.500. The molecule has 196 valence electrons. The molecule has 0 aromatic carbocycles. The van der Waals surface area contributed by atoms with Crippen LogP contribution in [0.2, 0.25) is 0 Å². The van der Waals surface area contributed by atoms with E-state index < -0.39 is 0 Å². The van der Waals surface area contributed by atoms with Gasteiger partial charge >= 0.3 is 0 Å². The zero-order valence-corrected chi connectivity index (χ0v) is 23.6. The van der Waals surface area contributed by atoms with Gasteiger partial charge in [0.25, 0.3) is 0 Å². The van der Waals surface area contributed by atoms with Crippen LogP contribution in [0.5, 0.6) is 0 Å². The number of aliphatic imine (C=N–C) groups is 1. The molecule has 0 fully saturated rings. The standard InChI is InChI=1S/C30H50N4O/c1-11-19-32-27(9)33-30(34(13-3)26(8)22-35-10)29(23(4)5)18-17-24(6)20-28(12-2)16-14-15-25(7)21-31/h12,14-18,26,32H,6,9,11,13,19-22,31H2,1-5,7-8,10H3/b16-14-,18-17-,25-15+,28-12+,33-30?/t26-/m0/s1. The lowest BCUT2D eigenvalue weighted by atomic mass is 10.0. The molecule has 0 unspecified atom stereocenters. The van der Waals surface area contributed by atoms with E-state index in [9.17, 15) is 0 Å². The third kappa shape index (κ3) is 13.1. The van der Waals surface area contributed by atoms with Gasteiger partial charge in [0.15, 0.2) is 0 Å². The second-order valence-electron chi connectivity index (χ2n) is 8.92. The van der Waals surface area contributed by atoms with Crippen molar-refractivity contribution in [3.63, 3.8) is 0 Å². The summed E-state index contributed by atoms with van der Waals surface area (Å²) in [6, 6.07) is 0.165. The Morgan fingerprint density at radius 2 is 1.83 bits per heavy atom. The number of likely N-dealkylation sites (N-methyl/N-ethyl adjacent to an activating group) is 1. The molecule has 0 saturated carbocycles. The molecule has 0 aromatic rings. The molecule has 0 rings (SSSR count). The molecule has 3 N–H and O–H groups in total. The minimum Gasteiger partial charge on any atom is -0.383 e. The summed E-state index contributed by atoms with van der Waals surface area (Å²) < 4.78 is 5.45. The highest BCUT2D eigenvalue weighted by Gasteiger charge is 2.20. The Morgan fingerprint density at radius 3 is 2.34 bits per heavy atom. The molecule has 0 heterocycles. The van der Waals surface area contributed by atoms with Crippen LogP contribution in [0, 0.1) is 0 Å². The van der Waals surface area contributed by atoms with Crippen LogP contribution in [0.4, 0.5) is 0 Å². The van der Waals surface area contributed by atoms with Crippen molar-refractivity contribution in [1.29, 1.82) is 0 Å². The van der Waals surface area contributed by atoms with Crippen molar-refractivity contribution in [1.82, 2.24) is 10.2 Å². The van der Waals surface area contributed by atoms with Crippen LogP contribution in [0.3, 0.4) is 0 Å². The maximum Gasteiger partial charge on any atom is 0.138 e. The summed E-state index contributed by atoms with van der Waals surface area (Å²) in [7, 11) is 1.73. The van der Waals surface area contributed by atoms with Gasteiger partial charge in [-0.25, -0.2) is 4.99 Å². The Morgan fingerprint density at radius 1 is 1.14 bits per heavy atom.